The average Bonchev–Trinajstić information content (AvgIpc) is 2.42. The SMILES string of the molecule is Cc1c(Cl)cccc1NC1CC(C)(C)Oc2ccccc21. The zero-order valence-electron chi connectivity index (χ0n) is 12.6. The van der Waals surface area contributed by atoms with Gasteiger partial charge in [-0.05, 0) is 44.5 Å². The van der Waals surface area contributed by atoms with Gasteiger partial charge < -0.3 is 10.1 Å². The maximum absolute atomic E-state index is 6.22. The van der Waals surface area contributed by atoms with Crippen molar-refractivity contribution in [3.63, 3.8) is 0 Å². The fraction of sp³-hybridized carbons (Fsp3) is 0.333. The highest BCUT2D eigenvalue weighted by molar-refractivity contribution is 6.31. The van der Waals surface area contributed by atoms with Gasteiger partial charge in [-0.3, -0.25) is 0 Å². The van der Waals surface area contributed by atoms with Crippen LogP contribution in [0.1, 0.15) is 37.4 Å². The summed E-state index contributed by atoms with van der Waals surface area (Å²) in [7, 11) is 0. The molecule has 2 nitrogen and oxygen atoms in total. The van der Waals surface area contributed by atoms with Crippen LogP contribution in [0.3, 0.4) is 0 Å². The molecule has 0 aliphatic carbocycles. The van der Waals surface area contributed by atoms with Crippen LogP contribution >= 0.6 is 11.6 Å². The van der Waals surface area contributed by atoms with Crippen LogP contribution < -0.4 is 10.1 Å². The van der Waals surface area contributed by atoms with Crippen molar-refractivity contribution in [2.24, 2.45) is 0 Å². The lowest BCUT2D eigenvalue weighted by Crippen LogP contribution is -2.37. The lowest BCUT2D eigenvalue weighted by atomic mass is 9.89. The molecule has 1 atom stereocenters. The molecule has 0 saturated carbocycles. The third-order valence-corrected chi connectivity index (χ3v) is 4.38. The van der Waals surface area contributed by atoms with Gasteiger partial charge in [0.25, 0.3) is 0 Å². The number of hydrogen-bond acceptors (Lipinski definition) is 2. The second-order valence-electron chi connectivity index (χ2n) is 6.21. The molecule has 0 aromatic heterocycles. The lowest BCUT2D eigenvalue weighted by Gasteiger charge is -2.38. The first kappa shape index (κ1) is 14.3. The number of para-hydroxylation sites is 1. The van der Waals surface area contributed by atoms with Crippen LogP contribution in [0, 0.1) is 6.92 Å². The van der Waals surface area contributed by atoms with Crippen LogP contribution in [-0.2, 0) is 0 Å². The lowest BCUT2D eigenvalue weighted by molar-refractivity contribution is 0.0759. The van der Waals surface area contributed by atoms with Crippen molar-refractivity contribution in [1.29, 1.82) is 0 Å². The molecule has 1 unspecified atom stereocenters. The molecule has 0 saturated heterocycles. The second kappa shape index (κ2) is 5.27. The summed E-state index contributed by atoms with van der Waals surface area (Å²) >= 11 is 6.22. The number of fused-ring (bicyclic) bond motifs is 1. The third kappa shape index (κ3) is 2.86. The van der Waals surface area contributed by atoms with Gasteiger partial charge in [-0.1, -0.05) is 35.9 Å². The molecule has 0 radical (unpaired) electrons. The van der Waals surface area contributed by atoms with Crippen LogP contribution in [0.15, 0.2) is 42.5 Å². The number of ether oxygens (including phenoxy) is 1. The highest BCUT2D eigenvalue weighted by atomic mass is 35.5. The number of anilines is 1. The summed E-state index contributed by atoms with van der Waals surface area (Å²) in [6, 6.07) is 14.4. The Morgan fingerprint density at radius 2 is 1.90 bits per heavy atom. The molecule has 0 amide bonds. The highest BCUT2D eigenvalue weighted by Crippen LogP contribution is 2.41. The Morgan fingerprint density at radius 1 is 1.14 bits per heavy atom. The maximum atomic E-state index is 6.22. The van der Waals surface area contributed by atoms with E-state index >= 15 is 0 Å². The number of rotatable bonds is 2. The van der Waals surface area contributed by atoms with Gasteiger partial charge in [0, 0.05) is 22.7 Å². The Bertz CT molecular complexity index is 666. The molecule has 1 heterocycles. The quantitative estimate of drug-likeness (QED) is 0.806. The first-order valence-electron chi connectivity index (χ1n) is 7.26. The third-order valence-electron chi connectivity index (χ3n) is 3.97. The predicted molar refractivity (Wildman–Crippen MR) is 88.3 cm³/mol. The number of nitrogens with one attached hydrogen (secondary N) is 1. The molecule has 1 aliphatic rings. The Labute approximate surface area is 131 Å². The Kier molecular flexibility index (Phi) is 3.58. The van der Waals surface area contributed by atoms with E-state index in [2.05, 4.69) is 37.4 Å². The minimum absolute atomic E-state index is 0.182. The van der Waals surface area contributed by atoms with Gasteiger partial charge >= 0.3 is 0 Å². The smallest absolute Gasteiger partial charge is 0.125 e. The Hall–Kier alpha value is -1.67. The molecule has 0 bridgehead atoms. The zero-order chi connectivity index (χ0) is 15.0. The monoisotopic (exact) mass is 301 g/mol. The van der Waals surface area contributed by atoms with E-state index < -0.39 is 0 Å². The number of hydrogen-bond donors (Lipinski definition) is 1. The summed E-state index contributed by atoms with van der Waals surface area (Å²) in [4.78, 5) is 0. The zero-order valence-corrected chi connectivity index (χ0v) is 13.4. The minimum Gasteiger partial charge on any atom is -0.487 e. The number of benzene rings is 2. The number of halogens is 1. The van der Waals surface area contributed by atoms with Crippen molar-refractivity contribution >= 4 is 17.3 Å². The first-order chi connectivity index (χ1) is 9.96. The first-order valence-corrected chi connectivity index (χ1v) is 7.64. The normalized spacial score (nSPS) is 19.5. The van der Waals surface area contributed by atoms with Gasteiger partial charge in [-0.25, -0.2) is 0 Å². The van der Waals surface area contributed by atoms with Crippen LogP contribution in [0.5, 0.6) is 5.75 Å². The highest BCUT2D eigenvalue weighted by Gasteiger charge is 2.33. The van der Waals surface area contributed by atoms with E-state index in [-0.39, 0.29) is 11.6 Å². The van der Waals surface area contributed by atoms with Gasteiger partial charge in [-0.2, -0.15) is 0 Å². The van der Waals surface area contributed by atoms with Crippen molar-refractivity contribution < 1.29 is 4.74 Å². The van der Waals surface area contributed by atoms with Crippen LogP contribution in [-0.4, -0.2) is 5.60 Å². The second-order valence-corrected chi connectivity index (χ2v) is 6.62. The summed E-state index contributed by atoms with van der Waals surface area (Å²) in [6.45, 7) is 6.30. The van der Waals surface area contributed by atoms with Crippen LogP contribution in [0.4, 0.5) is 5.69 Å². The van der Waals surface area contributed by atoms with Crippen LogP contribution in [0.25, 0.3) is 0 Å². The van der Waals surface area contributed by atoms with E-state index in [0.717, 1.165) is 28.4 Å². The predicted octanol–water partition coefficient (Wildman–Crippen LogP) is 5.36. The largest absolute Gasteiger partial charge is 0.487 e. The average molecular weight is 302 g/mol. The van der Waals surface area contributed by atoms with Crippen molar-refractivity contribution in [1.82, 2.24) is 0 Å². The summed E-state index contributed by atoms with van der Waals surface area (Å²) in [5.41, 5.74) is 3.19. The molecule has 21 heavy (non-hydrogen) atoms. The maximum Gasteiger partial charge on any atom is 0.125 e. The topological polar surface area (TPSA) is 21.3 Å². The summed E-state index contributed by atoms with van der Waals surface area (Å²) in [5, 5.41) is 4.43. The summed E-state index contributed by atoms with van der Waals surface area (Å²) in [6.07, 6.45) is 0.913. The summed E-state index contributed by atoms with van der Waals surface area (Å²) in [5.74, 6) is 0.964. The van der Waals surface area contributed by atoms with Crippen molar-refractivity contribution in [3.05, 3.63) is 58.6 Å². The molecule has 2 aromatic rings. The van der Waals surface area contributed by atoms with E-state index in [9.17, 15) is 0 Å². The molecular weight excluding hydrogens is 282 g/mol. The van der Waals surface area contributed by atoms with Gasteiger partial charge in [0.15, 0.2) is 0 Å². The fourth-order valence-corrected chi connectivity index (χ4v) is 3.06. The van der Waals surface area contributed by atoms with E-state index in [1.54, 1.807) is 0 Å². The molecule has 2 aromatic carbocycles. The van der Waals surface area contributed by atoms with E-state index in [1.165, 1.54) is 5.56 Å². The molecular formula is C18H20ClNO. The molecule has 3 rings (SSSR count). The molecule has 110 valence electrons. The Balaban J connectivity index is 1.96. The minimum atomic E-state index is -0.182. The molecule has 0 fully saturated rings. The fourth-order valence-electron chi connectivity index (χ4n) is 2.88. The molecule has 0 spiro atoms. The van der Waals surface area contributed by atoms with E-state index in [1.807, 2.05) is 31.2 Å². The van der Waals surface area contributed by atoms with Gasteiger partial charge in [0.2, 0.25) is 0 Å². The molecule has 1 aliphatic heterocycles. The van der Waals surface area contributed by atoms with Crippen molar-refractivity contribution in [3.8, 4) is 5.75 Å². The Morgan fingerprint density at radius 3 is 2.71 bits per heavy atom. The standard InChI is InChI=1S/C18H20ClNO/c1-12-14(19)8-6-9-15(12)20-16-11-18(2,3)21-17-10-5-4-7-13(16)17/h4-10,16,20H,11H2,1-3H3. The summed E-state index contributed by atoms with van der Waals surface area (Å²) < 4.78 is 6.08. The van der Waals surface area contributed by atoms with Gasteiger partial charge in [-0.15, -0.1) is 0 Å². The van der Waals surface area contributed by atoms with Crippen molar-refractivity contribution in [2.75, 3.05) is 5.32 Å². The van der Waals surface area contributed by atoms with E-state index in [0.29, 0.717) is 0 Å². The van der Waals surface area contributed by atoms with Gasteiger partial charge in [0.05, 0.1) is 6.04 Å². The van der Waals surface area contributed by atoms with E-state index in [4.69, 9.17) is 16.3 Å². The van der Waals surface area contributed by atoms with Gasteiger partial charge in [0.1, 0.15) is 11.4 Å². The van der Waals surface area contributed by atoms with Crippen molar-refractivity contribution in [2.45, 2.75) is 38.8 Å². The van der Waals surface area contributed by atoms with Crippen LogP contribution in [0.2, 0.25) is 5.02 Å². The molecule has 3 heteroatoms. The molecule has 1 N–H and O–H groups in total.